The molecule has 1 N–H and O–H groups in total. The van der Waals surface area contributed by atoms with Crippen LogP contribution >= 0.6 is 11.3 Å². The van der Waals surface area contributed by atoms with Crippen molar-refractivity contribution in [1.29, 1.82) is 0 Å². The molecule has 0 aliphatic carbocycles. The molecular weight excluding hydrogens is 407 g/mol. The summed E-state index contributed by atoms with van der Waals surface area (Å²) in [5.74, 6) is -0.439. The maximum Gasteiger partial charge on any atom is 0.294 e. The Morgan fingerprint density at radius 3 is 2.63 bits per heavy atom. The Bertz CT molecular complexity index is 1300. The molecule has 4 aromatic rings. The second kappa shape index (κ2) is 8.03. The fraction of sp³-hybridized carbons (Fsp3) is 0.143. The van der Waals surface area contributed by atoms with Crippen molar-refractivity contribution in [2.45, 2.75) is 13.5 Å². The second-order valence-electron chi connectivity index (χ2n) is 6.48. The zero-order valence-electron chi connectivity index (χ0n) is 16.2. The number of fused-ring (bicyclic) bond motifs is 1. The zero-order chi connectivity index (χ0) is 21.3. The molecular formula is C21H17FN4O3S. The van der Waals surface area contributed by atoms with Crippen LogP contribution in [0.2, 0.25) is 0 Å². The summed E-state index contributed by atoms with van der Waals surface area (Å²) < 4.78 is 20.7. The third-order valence-electron chi connectivity index (χ3n) is 4.41. The summed E-state index contributed by atoms with van der Waals surface area (Å²) in [5.41, 5.74) is 1.10. The van der Waals surface area contributed by atoms with E-state index in [4.69, 9.17) is 4.74 Å². The fourth-order valence-corrected chi connectivity index (χ4v) is 3.92. The fourth-order valence-electron chi connectivity index (χ4n) is 3.00. The number of hydrogen-bond donors (Lipinski definition) is 1. The number of carbonyl (C=O) groups is 1. The van der Waals surface area contributed by atoms with Gasteiger partial charge >= 0.3 is 0 Å². The monoisotopic (exact) mass is 424 g/mol. The van der Waals surface area contributed by atoms with Crippen molar-refractivity contribution in [3.63, 3.8) is 0 Å². The molecule has 9 heteroatoms. The lowest BCUT2D eigenvalue weighted by molar-refractivity contribution is -0.117. The topological polar surface area (TPSA) is 86.1 Å². The molecule has 0 aliphatic heterocycles. The SMILES string of the molecule is COc1ccc(-c2nn(CC(=O)Nc3ccccc3F)c(=O)c3nc(C)sc23)cc1. The van der Waals surface area contributed by atoms with Crippen molar-refractivity contribution in [2.75, 3.05) is 12.4 Å². The summed E-state index contributed by atoms with van der Waals surface area (Å²) in [6.07, 6.45) is 0. The van der Waals surface area contributed by atoms with Crippen molar-refractivity contribution < 1.29 is 13.9 Å². The highest BCUT2D eigenvalue weighted by Crippen LogP contribution is 2.30. The number of para-hydroxylation sites is 1. The van der Waals surface area contributed by atoms with Gasteiger partial charge in [-0.1, -0.05) is 12.1 Å². The third-order valence-corrected chi connectivity index (χ3v) is 5.39. The van der Waals surface area contributed by atoms with E-state index in [1.807, 2.05) is 12.1 Å². The number of aryl methyl sites for hydroxylation is 1. The largest absolute Gasteiger partial charge is 0.497 e. The summed E-state index contributed by atoms with van der Waals surface area (Å²) >= 11 is 1.36. The second-order valence-corrected chi connectivity index (χ2v) is 7.68. The van der Waals surface area contributed by atoms with Crippen molar-refractivity contribution >= 4 is 33.1 Å². The van der Waals surface area contributed by atoms with Crippen LogP contribution in [0.25, 0.3) is 21.5 Å². The summed E-state index contributed by atoms with van der Waals surface area (Å²) in [6.45, 7) is 1.43. The first-order valence-electron chi connectivity index (χ1n) is 9.03. The Hall–Kier alpha value is -3.59. The normalized spacial score (nSPS) is 10.9. The van der Waals surface area contributed by atoms with Gasteiger partial charge < -0.3 is 10.1 Å². The summed E-state index contributed by atoms with van der Waals surface area (Å²) in [7, 11) is 1.58. The maximum absolute atomic E-state index is 13.8. The van der Waals surface area contributed by atoms with Gasteiger partial charge in [0.2, 0.25) is 5.91 Å². The first-order chi connectivity index (χ1) is 14.5. The van der Waals surface area contributed by atoms with E-state index in [1.165, 1.54) is 29.5 Å². The Morgan fingerprint density at radius 1 is 1.20 bits per heavy atom. The van der Waals surface area contributed by atoms with E-state index >= 15 is 0 Å². The molecule has 152 valence electrons. The first kappa shape index (κ1) is 19.7. The molecule has 0 saturated heterocycles. The molecule has 0 aliphatic rings. The molecule has 1 amide bonds. The number of rotatable bonds is 5. The van der Waals surface area contributed by atoms with E-state index in [-0.39, 0.29) is 17.7 Å². The van der Waals surface area contributed by atoms with E-state index in [0.29, 0.717) is 21.2 Å². The van der Waals surface area contributed by atoms with E-state index in [2.05, 4.69) is 15.4 Å². The number of methoxy groups -OCH3 is 1. The predicted molar refractivity (Wildman–Crippen MR) is 113 cm³/mol. The van der Waals surface area contributed by atoms with Crippen LogP contribution < -0.4 is 15.6 Å². The molecule has 2 heterocycles. The Morgan fingerprint density at radius 2 is 1.93 bits per heavy atom. The number of amides is 1. The molecule has 30 heavy (non-hydrogen) atoms. The van der Waals surface area contributed by atoms with Gasteiger partial charge in [0.1, 0.15) is 23.8 Å². The predicted octanol–water partition coefficient (Wildman–Crippen LogP) is 3.61. The molecule has 0 unspecified atom stereocenters. The van der Waals surface area contributed by atoms with Gasteiger partial charge in [-0.25, -0.2) is 14.1 Å². The number of benzene rings is 2. The summed E-state index contributed by atoms with van der Waals surface area (Å²) in [6, 6.07) is 13.0. The smallest absolute Gasteiger partial charge is 0.294 e. The van der Waals surface area contributed by atoms with Gasteiger partial charge in [-0.3, -0.25) is 9.59 Å². The molecule has 0 saturated carbocycles. The van der Waals surface area contributed by atoms with Crippen molar-refractivity contribution in [1.82, 2.24) is 14.8 Å². The molecule has 0 bridgehead atoms. The lowest BCUT2D eigenvalue weighted by Gasteiger charge is -2.10. The molecule has 0 radical (unpaired) electrons. The van der Waals surface area contributed by atoms with E-state index < -0.39 is 17.3 Å². The molecule has 0 spiro atoms. The Kier molecular flexibility index (Phi) is 5.28. The third kappa shape index (κ3) is 3.79. The van der Waals surface area contributed by atoms with Gasteiger partial charge in [-0.05, 0) is 43.3 Å². The van der Waals surface area contributed by atoms with E-state index in [1.54, 1.807) is 32.2 Å². The Labute approximate surface area is 174 Å². The molecule has 4 rings (SSSR count). The van der Waals surface area contributed by atoms with Crippen LogP contribution in [0.4, 0.5) is 10.1 Å². The highest BCUT2D eigenvalue weighted by atomic mass is 32.1. The molecule has 2 aromatic carbocycles. The average Bonchev–Trinajstić information content (AvgIpc) is 3.14. The zero-order valence-corrected chi connectivity index (χ0v) is 17.0. The molecule has 0 atom stereocenters. The highest BCUT2D eigenvalue weighted by Gasteiger charge is 2.18. The minimum atomic E-state index is -0.568. The quantitative estimate of drug-likeness (QED) is 0.529. The van der Waals surface area contributed by atoms with Gasteiger partial charge in [0.05, 0.1) is 22.5 Å². The van der Waals surface area contributed by atoms with Crippen LogP contribution in [0.5, 0.6) is 5.75 Å². The van der Waals surface area contributed by atoms with Crippen molar-refractivity contribution in [2.24, 2.45) is 0 Å². The van der Waals surface area contributed by atoms with Crippen LogP contribution in [0.15, 0.2) is 53.3 Å². The summed E-state index contributed by atoms with van der Waals surface area (Å²) in [4.78, 5) is 29.6. The summed E-state index contributed by atoms with van der Waals surface area (Å²) in [5, 5.41) is 7.60. The number of nitrogens with one attached hydrogen (secondary N) is 1. The minimum absolute atomic E-state index is 0.0384. The molecule has 0 fully saturated rings. The van der Waals surface area contributed by atoms with Gasteiger partial charge in [0.15, 0.2) is 5.52 Å². The minimum Gasteiger partial charge on any atom is -0.497 e. The van der Waals surface area contributed by atoms with Crippen LogP contribution in [-0.2, 0) is 11.3 Å². The number of thiazole rings is 1. The number of ether oxygens (including phenoxy) is 1. The highest BCUT2D eigenvalue weighted by molar-refractivity contribution is 7.19. The number of aromatic nitrogens is 3. The van der Waals surface area contributed by atoms with Crippen LogP contribution in [0, 0.1) is 12.7 Å². The van der Waals surface area contributed by atoms with E-state index in [9.17, 15) is 14.0 Å². The lowest BCUT2D eigenvalue weighted by Crippen LogP contribution is -2.30. The van der Waals surface area contributed by atoms with Gasteiger partial charge in [-0.2, -0.15) is 5.10 Å². The van der Waals surface area contributed by atoms with Gasteiger partial charge in [0.25, 0.3) is 5.56 Å². The number of halogens is 1. The lowest BCUT2D eigenvalue weighted by atomic mass is 10.1. The standard InChI is InChI=1S/C21H17FN4O3S/c1-12-23-19-20(30-12)18(13-7-9-14(29-2)10-8-13)25-26(21(19)28)11-17(27)24-16-6-4-3-5-15(16)22/h3-10H,11H2,1-2H3,(H,24,27). The first-order valence-corrected chi connectivity index (χ1v) is 9.85. The van der Waals surface area contributed by atoms with Crippen molar-refractivity contribution in [3.05, 3.63) is 69.7 Å². The van der Waals surface area contributed by atoms with Crippen LogP contribution in [0.1, 0.15) is 5.01 Å². The van der Waals surface area contributed by atoms with Gasteiger partial charge in [0, 0.05) is 5.56 Å². The number of carbonyl (C=O) groups excluding carboxylic acids is 1. The van der Waals surface area contributed by atoms with Crippen LogP contribution in [-0.4, -0.2) is 27.8 Å². The number of anilines is 1. The number of nitrogens with zero attached hydrogens (tertiary/aromatic N) is 3. The van der Waals surface area contributed by atoms with Crippen LogP contribution in [0.3, 0.4) is 0 Å². The Balaban J connectivity index is 1.74. The maximum atomic E-state index is 13.8. The van der Waals surface area contributed by atoms with Gasteiger partial charge in [-0.15, -0.1) is 11.3 Å². The average molecular weight is 424 g/mol. The van der Waals surface area contributed by atoms with E-state index in [0.717, 1.165) is 10.2 Å². The number of hydrogen-bond acceptors (Lipinski definition) is 6. The molecule has 2 aromatic heterocycles. The van der Waals surface area contributed by atoms with Crippen molar-refractivity contribution in [3.8, 4) is 17.0 Å². The molecule has 7 nitrogen and oxygen atoms in total.